The molecule has 54 valence electrons. The van der Waals surface area contributed by atoms with E-state index in [1.165, 1.54) is 0 Å². The van der Waals surface area contributed by atoms with Crippen molar-refractivity contribution in [2.45, 2.75) is 18.1 Å². The van der Waals surface area contributed by atoms with Crippen molar-refractivity contribution in [2.24, 2.45) is 0 Å². The normalized spacial score (nSPS) is 23.3. The van der Waals surface area contributed by atoms with Crippen LogP contribution in [0.15, 0.2) is 0 Å². The standard InChI is InChI=1S/C5H10O3S.Li/c6-9(7)5-1-3-8-4-2-5;/h5H,1-4H2,(H,6,7);/q;+1/p-1. The van der Waals surface area contributed by atoms with E-state index in [1.807, 2.05) is 0 Å². The summed E-state index contributed by atoms with van der Waals surface area (Å²) in [6.45, 7) is 1.19. The van der Waals surface area contributed by atoms with Crippen molar-refractivity contribution in [1.29, 1.82) is 0 Å². The first kappa shape index (κ1) is 10.7. The Hall–Kier alpha value is 0.667. The van der Waals surface area contributed by atoms with Gasteiger partial charge in [-0.3, -0.25) is 4.21 Å². The zero-order valence-electron chi connectivity index (χ0n) is 6.04. The van der Waals surface area contributed by atoms with Crippen LogP contribution in [0.4, 0.5) is 0 Å². The minimum Gasteiger partial charge on any atom is -0.772 e. The van der Waals surface area contributed by atoms with E-state index in [4.69, 9.17) is 4.74 Å². The molecule has 1 saturated heterocycles. The SMILES string of the molecule is O=S([O-])C1CCOCC1.[Li+]. The van der Waals surface area contributed by atoms with Crippen LogP contribution < -0.4 is 18.9 Å². The molecular formula is C5H9LiO3S. The van der Waals surface area contributed by atoms with Crippen LogP contribution in [-0.4, -0.2) is 27.2 Å². The van der Waals surface area contributed by atoms with E-state index in [1.54, 1.807) is 0 Å². The van der Waals surface area contributed by atoms with Gasteiger partial charge in [0.2, 0.25) is 0 Å². The summed E-state index contributed by atoms with van der Waals surface area (Å²) >= 11 is -1.88. The van der Waals surface area contributed by atoms with E-state index in [-0.39, 0.29) is 24.1 Å². The molecule has 0 aromatic rings. The molecule has 0 saturated carbocycles. The molecule has 0 aromatic heterocycles. The Balaban J connectivity index is 0.000000810. The molecule has 0 N–H and O–H groups in total. The van der Waals surface area contributed by atoms with Gasteiger partial charge in [0.05, 0.1) is 0 Å². The van der Waals surface area contributed by atoms with Crippen LogP contribution in [0, 0.1) is 0 Å². The predicted octanol–water partition coefficient (Wildman–Crippen LogP) is -2.95. The van der Waals surface area contributed by atoms with Crippen LogP contribution in [0.5, 0.6) is 0 Å². The average Bonchev–Trinajstić information content (AvgIpc) is 1.90. The van der Waals surface area contributed by atoms with E-state index in [0.29, 0.717) is 26.1 Å². The Morgan fingerprint density at radius 3 is 2.20 bits per heavy atom. The molecule has 10 heavy (non-hydrogen) atoms. The largest absolute Gasteiger partial charge is 1.00 e. The zero-order chi connectivity index (χ0) is 6.69. The molecule has 1 unspecified atom stereocenters. The van der Waals surface area contributed by atoms with Crippen molar-refractivity contribution >= 4 is 11.1 Å². The quantitative estimate of drug-likeness (QED) is 0.301. The molecule has 1 aliphatic heterocycles. The summed E-state index contributed by atoms with van der Waals surface area (Å²) in [5.41, 5.74) is 0. The monoisotopic (exact) mass is 156 g/mol. The molecule has 5 heteroatoms. The maximum absolute atomic E-state index is 10.3. The van der Waals surface area contributed by atoms with Crippen LogP contribution in [0.1, 0.15) is 12.8 Å². The molecule has 1 atom stereocenters. The third kappa shape index (κ3) is 3.18. The molecule has 0 amide bonds. The second-order valence-corrected chi connectivity index (χ2v) is 3.26. The van der Waals surface area contributed by atoms with Crippen molar-refractivity contribution < 1.29 is 32.4 Å². The van der Waals surface area contributed by atoms with Gasteiger partial charge < -0.3 is 9.29 Å². The van der Waals surface area contributed by atoms with Gasteiger partial charge in [-0.05, 0) is 12.8 Å². The van der Waals surface area contributed by atoms with Gasteiger partial charge in [0.25, 0.3) is 0 Å². The first-order chi connectivity index (χ1) is 4.30. The van der Waals surface area contributed by atoms with Crippen molar-refractivity contribution in [3.05, 3.63) is 0 Å². The van der Waals surface area contributed by atoms with E-state index < -0.39 is 11.1 Å². The summed E-state index contributed by atoms with van der Waals surface area (Å²) in [5, 5.41) is -0.154. The number of hydrogen-bond donors (Lipinski definition) is 0. The summed E-state index contributed by atoms with van der Waals surface area (Å²) in [6, 6.07) is 0. The molecule has 0 aromatic carbocycles. The van der Waals surface area contributed by atoms with E-state index in [9.17, 15) is 8.76 Å². The summed E-state index contributed by atoms with van der Waals surface area (Å²) in [7, 11) is 0. The Kier molecular flexibility index (Phi) is 5.69. The minimum atomic E-state index is -1.88. The van der Waals surface area contributed by atoms with Gasteiger partial charge in [-0.15, -0.1) is 0 Å². The topological polar surface area (TPSA) is 49.4 Å². The summed E-state index contributed by atoms with van der Waals surface area (Å²) in [5.74, 6) is 0. The molecular weight excluding hydrogens is 147 g/mol. The van der Waals surface area contributed by atoms with E-state index >= 15 is 0 Å². The second-order valence-electron chi connectivity index (χ2n) is 2.07. The number of ether oxygens (including phenoxy) is 1. The summed E-state index contributed by atoms with van der Waals surface area (Å²) < 4.78 is 25.6. The first-order valence-corrected chi connectivity index (χ1v) is 4.10. The number of rotatable bonds is 1. The Morgan fingerprint density at radius 1 is 1.40 bits per heavy atom. The minimum absolute atomic E-state index is 0. The van der Waals surface area contributed by atoms with E-state index in [0.717, 1.165) is 0 Å². The van der Waals surface area contributed by atoms with Gasteiger partial charge >= 0.3 is 18.9 Å². The summed E-state index contributed by atoms with van der Waals surface area (Å²) in [6.07, 6.45) is 1.33. The maximum atomic E-state index is 10.3. The van der Waals surface area contributed by atoms with Crippen LogP contribution in [0.25, 0.3) is 0 Å². The third-order valence-corrected chi connectivity index (χ3v) is 2.46. The van der Waals surface area contributed by atoms with Crippen LogP contribution in [0.2, 0.25) is 0 Å². The van der Waals surface area contributed by atoms with Crippen molar-refractivity contribution in [3.63, 3.8) is 0 Å². The molecule has 0 spiro atoms. The molecule has 1 aliphatic rings. The van der Waals surface area contributed by atoms with Gasteiger partial charge in [0, 0.05) is 18.5 Å². The van der Waals surface area contributed by atoms with Crippen molar-refractivity contribution in [2.75, 3.05) is 13.2 Å². The van der Waals surface area contributed by atoms with Gasteiger partial charge in [0.15, 0.2) is 0 Å². The molecule has 1 heterocycles. The van der Waals surface area contributed by atoms with E-state index in [2.05, 4.69) is 0 Å². The fraction of sp³-hybridized carbons (Fsp3) is 1.00. The maximum Gasteiger partial charge on any atom is 1.00 e. The molecule has 3 nitrogen and oxygen atoms in total. The predicted molar refractivity (Wildman–Crippen MR) is 32.8 cm³/mol. The van der Waals surface area contributed by atoms with Crippen LogP contribution in [-0.2, 0) is 15.8 Å². The molecule has 0 aliphatic carbocycles. The first-order valence-electron chi connectivity index (χ1n) is 2.96. The Bertz CT molecular complexity index is 113. The molecule has 1 fully saturated rings. The second kappa shape index (κ2) is 5.34. The van der Waals surface area contributed by atoms with Crippen LogP contribution >= 0.6 is 0 Å². The fourth-order valence-electron chi connectivity index (χ4n) is 0.868. The number of hydrogen-bond acceptors (Lipinski definition) is 3. The van der Waals surface area contributed by atoms with Crippen molar-refractivity contribution in [3.8, 4) is 0 Å². The van der Waals surface area contributed by atoms with Gasteiger partial charge in [-0.2, -0.15) is 0 Å². The van der Waals surface area contributed by atoms with Crippen molar-refractivity contribution in [1.82, 2.24) is 0 Å². The third-order valence-electron chi connectivity index (χ3n) is 1.44. The smallest absolute Gasteiger partial charge is 0.772 e. The molecule has 1 rings (SSSR count). The van der Waals surface area contributed by atoms with Crippen LogP contribution in [0.3, 0.4) is 0 Å². The summed E-state index contributed by atoms with van der Waals surface area (Å²) in [4.78, 5) is 0. The molecule has 0 radical (unpaired) electrons. The molecule has 0 bridgehead atoms. The fourth-order valence-corrected chi connectivity index (χ4v) is 1.45. The average molecular weight is 156 g/mol. The van der Waals surface area contributed by atoms with Gasteiger partial charge in [-0.1, -0.05) is 11.1 Å². The Labute approximate surface area is 75.0 Å². The van der Waals surface area contributed by atoms with Gasteiger partial charge in [-0.25, -0.2) is 0 Å². The Morgan fingerprint density at radius 2 is 1.90 bits per heavy atom. The zero-order valence-corrected chi connectivity index (χ0v) is 6.86. The van der Waals surface area contributed by atoms with Gasteiger partial charge in [0.1, 0.15) is 0 Å².